The summed E-state index contributed by atoms with van der Waals surface area (Å²) in [6.45, 7) is 1.83. The molecule has 1 aromatic rings. The van der Waals surface area contributed by atoms with Crippen molar-refractivity contribution in [1.29, 1.82) is 0 Å². The summed E-state index contributed by atoms with van der Waals surface area (Å²) in [5.74, 6) is -0.180. The fourth-order valence-electron chi connectivity index (χ4n) is 3.65. The van der Waals surface area contributed by atoms with E-state index < -0.39 is 9.84 Å². The smallest absolute Gasteiger partial charge is 0.236 e. The molecule has 0 saturated carbocycles. The lowest BCUT2D eigenvalue weighted by Gasteiger charge is -2.43. The van der Waals surface area contributed by atoms with Gasteiger partial charge in [0.05, 0.1) is 18.1 Å². The molecule has 0 spiro atoms. The lowest BCUT2D eigenvalue weighted by molar-refractivity contribution is -0.131. The summed E-state index contributed by atoms with van der Waals surface area (Å²) < 4.78 is 38.4. The number of hydrogen-bond donors (Lipinski definition) is 0. The fourth-order valence-corrected chi connectivity index (χ4v) is 5.69. The molecule has 25 heavy (non-hydrogen) atoms. The van der Waals surface area contributed by atoms with Crippen molar-refractivity contribution in [2.75, 3.05) is 45.2 Å². The molecule has 0 bridgehead atoms. The van der Waals surface area contributed by atoms with Crippen LogP contribution in [0.3, 0.4) is 0 Å². The Labute approximate surface area is 148 Å². The van der Waals surface area contributed by atoms with Crippen LogP contribution in [0.15, 0.2) is 24.3 Å². The van der Waals surface area contributed by atoms with E-state index in [1.54, 1.807) is 32.3 Å². The van der Waals surface area contributed by atoms with E-state index in [1.807, 2.05) is 9.80 Å². The zero-order valence-corrected chi connectivity index (χ0v) is 15.4. The second-order valence-electron chi connectivity index (χ2n) is 7.03. The summed E-state index contributed by atoms with van der Waals surface area (Å²) in [4.78, 5) is 17.6. The molecule has 3 rings (SSSR count). The first-order valence-electron chi connectivity index (χ1n) is 8.39. The summed E-state index contributed by atoms with van der Waals surface area (Å²) in [5, 5.41) is 0. The molecule has 2 aliphatic rings. The highest BCUT2D eigenvalue weighted by molar-refractivity contribution is 7.91. The van der Waals surface area contributed by atoms with Crippen LogP contribution in [-0.2, 0) is 21.2 Å². The number of amides is 1. The van der Waals surface area contributed by atoms with Gasteiger partial charge in [0.2, 0.25) is 5.91 Å². The number of hydrogen-bond acceptors (Lipinski definition) is 5. The quantitative estimate of drug-likeness (QED) is 0.759. The highest BCUT2D eigenvalue weighted by Crippen LogP contribution is 2.28. The van der Waals surface area contributed by atoms with E-state index in [9.17, 15) is 17.6 Å². The topological polar surface area (TPSA) is 60.9 Å². The Morgan fingerprint density at radius 2 is 1.76 bits per heavy atom. The van der Waals surface area contributed by atoms with Gasteiger partial charge < -0.3 is 4.90 Å². The third kappa shape index (κ3) is 4.02. The Bertz CT molecular complexity index is 753. The minimum absolute atomic E-state index is 0.0365. The third-order valence-electron chi connectivity index (χ3n) is 5.07. The molecule has 0 unspecified atom stereocenters. The fraction of sp³-hybridized carbons (Fsp3) is 0.588. The monoisotopic (exact) mass is 369 g/mol. The number of nitrogens with zero attached hydrogens (tertiary/aromatic N) is 3. The van der Waals surface area contributed by atoms with Crippen molar-refractivity contribution in [3.8, 4) is 0 Å². The number of halogens is 1. The second-order valence-corrected chi connectivity index (χ2v) is 9.19. The van der Waals surface area contributed by atoms with Crippen molar-refractivity contribution < 1.29 is 17.6 Å². The van der Waals surface area contributed by atoms with Crippen LogP contribution in [-0.4, -0.2) is 86.3 Å². The SMILES string of the molecule is CN(C)C(=O)CN1CCN(Cc2ccccc2F)[C@@H]2CS(=O)(=O)C[C@@H]21. The van der Waals surface area contributed by atoms with E-state index in [4.69, 9.17) is 0 Å². The van der Waals surface area contributed by atoms with Gasteiger partial charge >= 0.3 is 0 Å². The maximum absolute atomic E-state index is 14.0. The van der Waals surface area contributed by atoms with Gasteiger partial charge in [0.1, 0.15) is 5.82 Å². The molecule has 6 nitrogen and oxygen atoms in total. The van der Waals surface area contributed by atoms with Crippen molar-refractivity contribution in [3.05, 3.63) is 35.6 Å². The normalized spacial score (nSPS) is 26.4. The minimum atomic E-state index is -3.16. The number of piperazine rings is 1. The largest absolute Gasteiger partial charge is 0.348 e. The molecule has 2 fully saturated rings. The van der Waals surface area contributed by atoms with Gasteiger partial charge in [0.25, 0.3) is 0 Å². The van der Waals surface area contributed by atoms with E-state index in [0.29, 0.717) is 25.2 Å². The zero-order valence-electron chi connectivity index (χ0n) is 14.6. The molecule has 138 valence electrons. The Balaban J connectivity index is 1.78. The van der Waals surface area contributed by atoms with Gasteiger partial charge in [-0.05, 0) is 6.07 Å². The maximum atomic E-state index is 14.0. The first-order valence-corrected chi connectivity index (χ1v) is 10.2. The van der Waals surface area contributed by atoms with Gasteiger partial charge in [0, 0.05) is 51.4 Å². The lowest BCUT2D eigenvalue weighted by Crippen LogP contribution is -2.60. The van der Waals surface area contributed by atoms with Crippen LogP contribution in [0.2, 0.25) is 0 Å². The molecule has 0 N–H and O–H groups in total. The number of fused-ring (bicyclic) bond motifs is 1. The van der Waals surface area contributed by atoms with Gasteiger partial charge in [-0.1, -0.05) is 18.2 Å². The maximum Gasteiger partial charge on any atom is 0.236 e. The van der Waals surface area contributed by atoms with E-state index in [-0.39, 0.29) is 41.9 Å². The average Bonchev–Trinajstić information content (AvgIpc) is 2.87. The van der Waals surface area contributed by atoms with Gasteiger partial charge in [-0.2, -0.15) is 0 Å². The molecule has 0 aromatic heterocycles. The predicted octanol–water partition coefficient (Wildman–Crippen LogP) is 0.197. The third-order valence-corrected chi connectivity index (χ3v) is 6.77. The molecular formula is C17H24FN3O3S. The standard InChI is InChI=1S/C17H24FN3O3S/c1-19(2)17(22)10-21-8-7-20(9-13-5-3-4-6-14(13)18)15-11-25(23,24)12-16(15)21/h3-6,15-16H,7-12H2,1-2H3/t15-,16+/m1/s1. The molecule has 0 radical (unpaired) electrons. The van der Waals surface area contributed by atoms with Crippen LogP contribution in [0.5, 0.6) is 0 Å². The summed E-state index contributed by atoms with van der Waals surface area (Å²) in [6.07, 6.45) is 0. The van der Waals surface area contributed by atoms with Crippen LogP contribution in [0.1, 0.15) is 5.56 Å². The second kappa shape index (κ2) is 7.01. The average molecular weight is 369 g/mol. The number of carbonyl (C=O) groups is 1. The van der Waals surface area contributed by atoms with Crippen molar-refractivity contribution >= 4 is 15.7 Å². The minimum Gasteiger partial charge on any atom is -0.348 e. The number of sulfone groups is 1. The molecule has 0 aliphatic carbocycles. The summed E-state index contributed by atoms with van der Waals surface area (Å²) in [7, 11) is 0.233. The van der Waals surface area contributed by atoms with Crippen molar-refractivity contribution in [2.24, 2.45) is 0 Å². The Morgan fingerprint density at radius 3 is 2.40 bits per heavy atom. The molecule has 1 aromatic carbocycles. The van der Waals surface area contributed by atoms with Crippen LogP contribution in [0.25, 0.3) is 0 Å². The van der Waals surface area contributed by atoms with E-state index >= 15 is 0 Å². The highest BCUT2D eigenvalue weighted by Gasteiger charge is 2.46. The number of benzene rings is 1. The summed E-state index contributed by atoms with van der Waals surface area (Å²) in [5.41, 5.74) is 0.573. The van der Waals surface area contributed by atoms with Crippen molar-refractivity contribution in [1.82, 2.24) is 14.7 Å². The molecule has 1 amide bonds. The highest BCUT2D eigenvalue weighted by atomic mass is 32.2. The summed E-state index contributed by atoms with van der Waals surface area (Å²) >= 11 is 0. The van der Waals surface area contributed by atoms with Gasteiger partial charge in [-0.15, -0.1) is 0 Å². The number of carbonyl (C=O) groups excluding carboxylic acids is 1. The van der Waals surface area contributed by atoms with E-state index in [2.05, 4.69) is 0 Å². The summed E-state index contributed by atoms with van der Waals surface area (Å²) in [6, 6.07) is 6.17. The zero-order chi connectivity index (χ0) is 18.2. The van der Waals surface area contributed by atoms with Crippen molar-refractivity contribution in [3.63, 3.8) is 0 Å². The lowest BCUT2D eigenvalue weighted by atomic mass is 10.0. The molecular weight excluding hydrogens is 345 g/mol. The van der Waals surface area contributed by atoms with E-state index in [1.165, 1.54) is 11.0 Å². The molecule has 2 atom stereocenters. The molecule has 2 saturated heterocycles. The van der Waals surface area contributed by atoms with Crippen LogP contribution >= 0.6 is 0 Å². The predicted molar refractivity (Wildman–Crippen MR) is 93.3 cm³/mol. The van der Waals surface area contributed by atoms with Crippen LogP contribution in [0, 0.1) is 5.82 Å². The van der Waals surface area contributed by atoms with Crippen LogP contribution in [0.4, 0.5) is 4.39 Å². The van der Waals surface area contributed by atoms with Crippen LogP contribution < -0.4 is 0 Å². The molecule has 2 heterocycles. The molecule has 8 heteroatoms. The van der Waals surface area contributed by atoms with Crippen molar-refractivity contribution in [2.45, 2.75) is 18.6 Å². The van der Waals surface area contributed by atoms with Gasteiger partial charge in [-0.3, -0.25) is 14.6 Å². The number of rotatable bonds is 4. The first-order chi connectivity index (χ1) is 11.8. The Kier molecular flexibility index (Phi) is 5.13. The Hall–Kier alpha value is -1.51. The Morgan fingerprint density at radius 1 is 1.16 bits per heavy atom. The molecule has 2 aliphatic heterocycles. The van der Waals surface area contributed by atoms with E-state index in [0.717, 1.165) is 0 Å². The van der Waals surface area contributed by atoms with Gasteiger partial charge in [-0.25, -0.2) is 12.8 Å². The first kappa shape index (κ1) is 18.3. The van der Waals surface area contributed by atoms with Gasteiger partial charge in [0.15, 0.2) is 9.84 Å². The number of likely N-dealkylation sites (N-methyl/N-ethyl adjacent to an activating group) is 1.